The van der Waals surface area contributed by atoms with Crippen molar-refractivity contribution in [2.24, 2.45) is 0 Å². The van der Waals surface area contributed by atoms with Gasteiger partial charge in [0.2, 0.25) is 0 Å². The molecule has 0 N–H and O–H groups in total. The zero-order valence-corrected chi connectivity index (χ0v) is 45.1. The van der Waals surface area contributed by atoms with Crippen LogP contribution in [-0.4, -0.2) is 0 Å². The second kappa shape index (κ2) is 17.7. The van der Waals surface area contributed by atoms with Gasteiger partial charge in [0, 0.05) is 49.4 Å². The molecular formula is C77H51N3O2. The van der Waals surface area contributed by atoms with E-state index in [9.17, 15) is 0 Å². The highest BCUT2D eigenvalue weighted by molar-refractivity contribution is 6.21. The third-order valence-corrected chi connectivity index (χ3v) is 17.5. The minimum absolute atomic E-state index is 0.838. The van der Waals surface area contributed by atoms with Crippen molar-refractivity contribution in [3.05, 3.63) is 306 Å². The van der Waals surface area contributed by atoms with Gasteiger partial charge in [-0.15, -0.1) is 0 Å². The summed E-state index contributed by atoms with van der Waals surface area (Å²) in [5.41, 5.74) is 21.6. The molecule has 0 amide bonds. The van der Waals surface area contributed by atoms with E-state index < -0.39 is 5.41 Å². The van der Waals surface area contributed by atoms with Gasteiger partial charge in [-0.2, -0.15) is 0 Å². The molecule has 0 atom stereocenters. The van der Waals surface area contributed by atoms with E-state index in [1.165, 1.54) is 55.3 Å². The molecule has 0 saturated heterocycles. The SMILES string of the molecule is Cc1ccc(N(c2cc3c(c4ccccc24)-c2c(cc(N(c4ccc(C)cc4)c4cccc5c4oc4ccccc45)c4ccccc24)C32c3ccccc3N(c3ccccc3)c3ccccc32)c2cccc3c2oc2ccccc23)cc1. The highest BCUT2D eigenvalue weighted by Gasteiger charge is 2.53. The topological polar surface area (TPSA) is 36.0 Å². The number of fused-ring (bicyclic) bond motifs is 19. The van der Waals surface area contributed by atoms with E-state index in [0.717, 1.165) is 106 Å². The predicted molar refractivity (Wildman–Crippen MR) is 340 cm³/mol. The molecule has 17 rings (SSSR count). The normalized spacial score (nSPS) is 13.1. The van der Waals surface area contributed by atoms with E-state index in [4.69, 9.17) is 8.83 Å². The number of benzene rings is 13. The van der Waals surface area contributed by atoms with Crippen LogP contribution in [0, 0.1) is 13.8 Å². The minimum atomic E-state index is -0.880. The Balaban J connectivity index is 1.05. The molecule has 5 nitrogen and oxygen atoms in total. The molecule has 0 fully saturated rings. The van der Waals surface area contributed by atoms with Crippen LogP contribution < -0.4 is 14.7 Å². The number of aryl methyl sites for hydroxylation is 2. The third kappa shape index (κ3) is 6.50. The fourth-order valence-electron chi connectivity index (χ4n) is 14.1. The standard InChI is InChI=1S/C77H51N3O2/c1-48-38-42-51(43-39-48)79(67-34-18-28-59-55-24-10-16-36-71(55)81-75(59)67)69-46-63-73(57-26-8-6-22-53(57)69)74-58-27-9-7-23-54(58)70(80(52-44-40-49(2)41-45-52)68-35-19-29-60-56-25-11-17-37-72(56)82-76(60)68)47-64(74)77(63)61-30-12-14-32-65(61)78(50-20-4-3-5-21-50)66-33-15-13-31-62(66)77/h3-47H,1-2H3. The van der Waals surface area contributed by atoms with Crippen molar-refractivity contribution in [2.45, 2.75) is 19.3 Å². The summed E-state index contributed by atoms with van der Waals surface area (Å²) in [5, 5.41) is 8.94. The average Bonchev–Trinajstić information content (AvgIpc) is 1.65. The van der Waals surface area contributed by atoms with Gasteiger partial charge in [-0.1, -0.05) is 199 Å². The van der Waals surface area contributed by atoms with Gasteiger partial charge in [0.25, 0.3) is 0 Å². The molecule has 0 unspecified atom stereocenters. The molecule has 2 aromatic heterocycles. The van der Waals surface area contributed by atoms with Gasteiger partial charge in [-0.3, -0.25) is 0 Å². The van der Waals surface area contributed by atoms with Crippen molar-refractivity contribution >= 4 is 117 Å². The number of anilines is 9. The Hall–Kier alpha value is -10.6. The smallest absolute Gasteiger partial charge is 0.159 e. The number of rotatable bonds is 7. The highest BCUT2D eigenvalue weighted by Crippen LogP contribution is 2.67. The maximum absolute atomic E-state index is 6.99. The summed E-state index contributed by atoms with van der Waals surface area (Å²) in [6, 6.07) is 100. The Morgan fingerprint density at radius 1 is 0.305 bits per heavy atom. The number of para-hydroxylation sites is 7. The van der Waals surface area contributed by atoms with Gasteiger partial charge in [0.1, 0.15) is 11.2 Å². The van der Waals surface area contributed by atoms with Crippen LogP contribution in [0.4, 0.5) is 51.2 Å². The summed E-state index contributed by atoms with van der Waals surface area (Å²) >= 11 is 0. The summed E-state index contributed by atoms with van der Waals surface area (Å²) in [6.45, 7) is 4.32. The lowest BCUT2D eigenvalue weighted by molar-refractivity contribution is 0.669. The summed E-state index contributed by atoms with van der Waals surface area (Å²) < 4.78 is 14.0. The summed E-state index contributed by atoms with van der Waals surface area (Å²) in [4.78, 5) is 7.38. The Bertz CT molecular complexity index is 4790. The summed E-state index contributed by atoms with van der Waals surface area (Å²) in [6.07, 6.45) is 0. The van der Waals surface area contributed by atoms with E-state index in [1.807, 2.05) is 0 Å². The first-order valence-electron chi connectivity index (χ1n) is 28.2. The largest absolute Gasteiger partial charge is 0.454 e. The molecule has 5 heteroatoms. The number of furan rings is 2. The quantitative estimate of drug-likeness (QED) is 0.159. The summed E-state index contributed by atoms with van der Waals surface area (Å²) in [7, 11) is 0. The molecule has 386 valence electrons. The van der Waals surface area contributed by atoms with Crippen LogP contribution >= 0.6 is 0 Å². The molecule has 0 bridgehead atoms. The number of nitrogens with zero attached hydrogens (tertiary/aromatic N) is 3. The zero-order chi connectivity index (χ0) is 54.2. The molecular weight excluding hydrogens is 999 g/mol. The Morgan fingerprint density at radius 2 is 0.683 bits per heavy atom. The van der Waals surface area contributed by atoms with E-state index >= 15 is 0 Å². The minimum Gasteiger partial charge on any atom is -0.454 e. The lowest BCUT2D eigenvalue weighted by Gasteiger charge is -2.45. The van der Waals surface area contributed by atoms with E-state index in [-0.39, 0.29) is 0 Å². The van der Waals surface area contributed by atoms with E-state index in [2.05, 4.69) is 302 Å². The molecule has 0 radical (unpaired) electrons. The Kier molecular flexibility index (Phi) is 9.99. The van der Waals surface area contributed by atoms with Gasteiger partial charge in [-0.25, -0.2) is 0 Å². The van der Waals surface area contributed by atoms with Crippen molar-refractivity contribution in [1.29, 1.82) is 0 Å². The number of hydrogen-bond donors (Lipinski definition) is 0. The van der Waals surface area contributed by atoms with Crippen LogP contribution in [0.15, 0.2) is 282 Å². The maximum Gasteiger partial charge on any atom is 0.159 e. The third-order valence-electron chi connectivity index (χ3n) is 17.5. The van der Waals surface area contributed by atoms with Gasteiger partial charge in [-0.05, 0) is 143 Å². The van der Waals surface area contributed by atoms with Gasteiger partial charge >= 0.3 is 0 Å². The second-order valence-electron chi connectivity index (χ2n) is 22.0. The first-order valence-corrected chi connectivity index (χ1v) is 28.2. The fourth-order valence-corrected chi connectivity index (χ4v) is 14.1. The van der Waals surface area contributed by atoms with Gasteiger partial charge in [0.15, 0.2) is 11.2 Å². The van der Waals surface area contributed by atoms with Crippen LogP contribution in [0.3, 0.4) is 0 Å². The van der Waals surface area contributed by atoms with E-state index in [0.29, 0.717) is 0 Å². The molecule has 1 aliphatic heterocycles. The fraction of sp³-hybridized carbons (Fsp3) is 0.0390. The van der Waals surface area contributed by atoms with Gasteiger partial charge in [0.05, 0.1) is 39.5 Å². The lowest BCUT2D eigenvalue weighted by Crippen LogP contribution is -2.36. The molecule has 13 aromatic carbocycles. The molecule has 82 heavy (non-hydrogen) atoms. The zero-order valence-electron chi connectivity index (χ0n) is 45.1. The second-order valence-corrected chi connectivity index (χ2v) is 22.0. The average molecular weight is 1050 g/mol. The van der Waals surface area contributed by atoms with E-state index in [1.54, 1.807) is 0 Å². The lowest BCUT2D eigenvalue weighted by atomic mass is 9.64. The van der Waals surface area contributed by atoms with Crippen LogP contribution in [0.2, 0.25) is 0 Å². The van der Waals surface area contributed by atoms with Crippen LogP contribution in [0.5, 0.6) is 0 Å². The predicted octanol–water partition coefficient (Wildman–Crippen LogP) is 21.5. The monoisotopic (exact) mass is 1050 g/mol. The first kappa shape index (κ1) is 46.3. The van der Waals surface area contributed by atoms with Crippen LogP contribution in [0.1, 0.15) is 33.4 Å². The molecule has 15 aromatic rings. The highest BCUT2D eigenvalue weighted by atomic mass is 16.3. The number of hydrogen-bond acceptors (Lipinski definition) is 5. The van der Waals surface area contributed by atoms with Crippen molar-refractivity contribution in [3.63, 3.8) is 0 Å². The van der Waals surface area contributed by atoms with Crippen molar-refractivity contribution < 1.29 is 8.83 Å². The van der Waals surface area contributed by atoms with Gasteiger partial charge < -0.3 is 23.5 Å². The molecule has 0 saturated carbocycles. The van der Waals surface area contributed by atoms with Crippen molar-refractivity contribution in [2.75, 3.05) is 14.7 Å². The maximum atomic E-state index is 6.99. The van der Waals surface area contributed by atoms with Crippen molar-refractivity contribution in [3.8, 4) is 11.1 Å². The molecule has 1 spiro atoms. The molecule has 1 aliphatic carbocycles. The van der Waals surface area contributed by atoms with Crippen molar-refractivity contribution in [1.82, 2.24) is 0 Å². The van der Waals surface area contributed by atoms with Crippen LogP contribution in [0.25, 0.3) is 76.5 Å². The summed E-state index contributed by atoms with van der Waals surface area (Å²) in [5.74, 6) is 0. The Labute approximate surface area is 474 Å². The molecule has 2 aliphatic rings. The van der Waals surface area contributed by atoms with Crippen LogP contribution in [-0.2, 0) is 5.41 Å². The molecule has 3 heterocycles. The first-order chi connectivity index (χ1) is 40.5. The Morgan fingerprint density at radius 3 is 1.15 bits per heavy atom.